The summed E-state index contributed by atoms with van der Waals surface area (Å²) in [5.74, 6) is 0.0662. The Kier molecular flexibility index (Phi) is 5.08. The summed E-state index contributed by atoms with van der Waals surface area (Å²) in [5, 5.41) is 17.1. The van der Waals surface area contributed by atoms with E-state index in [0.29, 0.717) is 11.6 Å². The summed E-state index contributed by atoms with van der Waals surface area (Å²) >= 11 is 0. The number of carbonyl (C=O) groups excluding carboxylic acids is 1. The van der Waals surface area contributed by atoms with Gasteiger partial charge in [0.1, 0.15) is 5.69 Å². The fourth-order valence-corrected chi connectivity index (χ4v) is 5.37. The van der Waals surface area contributed by atoms with E-state index in [9.17, 15) is 22.8 Å². The zero-order valence-electron chi connectivity index (χ0n) is 16.4. The van der Waals surface area contributed by atoms with Crippen LogP contribution < -0.4 is 16.6 Å². The molecule has 0 aliphatic heterocycles. The van der Waals surface area contributed by atoms with Crippen LogP contribution in [-0.4, -0.2) is 56.3 Å². The number of aryl methyl sites for hydroxylation is 1. The van der Waals surface area contributed by atoms with Crippen LogP contribution in [0.2, 0.25) is 0 Å². The standard InChI is InChI=1S/C17H23N7O5S/c1-30(28,29)9-11-8-24(23-20-11)13-6-10-4-5-17(13,7-10)19-14(25)3-2-12-15(26)18-16(27)22-21-12/h8,10,13H,2-7,9H2,1H3,(H,19,25)(H2,18,22,26,27). The summed E-state index contributed by atoms with van der Waals surface area (Å²) in [6, 6.07) is -0.101. The number of nitrogens with zero attached hydrogens (tertiary/aromatic N) is 4. The minimum atomic E-state index is -3.21. The first-order valence-electron chi connectivity index (χ1n) is 9.71. The summed E-state index contributed by atoms with van der Waals surface area (Å²) in [6.07, 6.45) is 6.40. The van der Waals surface area contributed by atoms with E-state index < -0.39 is 26.6 Å². The van der Waals surface area contributed by atoms with Gasteiger partial charge in [-0.05, 0) is 31.6 Å². The molecule has 30 heavy (non-hydrogen) atoms. The van der Waals surface area contributed by atoms with Crippen molar-refractivity contribution in [2.45, 2.75) is 55.9 Å². The Labute approximate surface area is 171 Å². The van der Waals surface area contributed by atoms with E-state index in [1.54, 1.807) is 10.9 Å². The van der Waals surface area contributed by atoms with Gasteiger partial charge >= 0.3 is 5.69 Å². The molecule has 4 rings (SSSR count). The summed E-state index contributed by atoms with van der Waals surface area (Å²) < 4.78 is 24.7. The van der Waals surface area contributed by atoms with Crippen molar-refractivity contribution in [1.82, 2.24) is 35.5 Å². The highest BCUT2D eigenvalue weighted by molar-refractivity contribution is 7.89. The van der Waals surface area contributed by atoms with Gasteiger partial charge in [-0.25, -0.2) is 23.0 Å². The van der Waals surface area contributed by atoms with Gasteiger partial charge in [-0.15, -0.1) is 5.10 Å². The van der Waals surface area contributed by atoms with Crippen molar-refractivity contribution in [1.29, 1.82) is 0 Å². The Bertz CT molecular complexity index is 1180. The molecule has 3 N–H and O–H groups in total. The van der Waals surface area contributed by atoms with Crippen LogP contribution in [0.5, 0.6) is 0 Å². The van der Waals surface area contributed by atoms with Gasteiger partial charge in [0.15, 0.2) is 9.84 Å². The molecule has 162 valence electrons. The zero-order chi connectivity index (χ0) is 21.5. The van der Waals surface area contributed by atoms with E-state index >= 15 is 0 Å². The van der Waals surface area contributed by atoms with Crippen LogP contribution in [-0.2, 0) is 26.8 Å². The van der Waals surface area contributed by atoms with Crippen LogP contribution in [0.25, 0.3) is 0 Å². The Morgan fingerprint density at radius 2 is 2.20 bits per heavy atom. The number of hydrogen-bond acceptors (Lipinski definition) is 8. The van der Waals surface area contributed by atoms with E-state index in [-0.39, 0.29) is 36.2 Å². The third-order valence-corrected chi connectivity index (χ3v) is 6.71. The molecule has 2 heterocycles. The second-order valence-corrected chi connectivity index (χ2v) is 10.4. The maximum Gasteiger partial charge on any atom is 0.342 e. The predicted octanol–water partition coefficient (Wildman–Crippen LogP) is -1.17. The number of nitrogens with one attached hydrogen (secondary N) is 3. The number of rotatable bonds is 7. The lowest BCUT2D eigenvalue weighted by Crippen LogP contribution is -2.51. The molecule has 2 aliphatic carbocycles. The van der Waals surface area contributed by atoms with Gasteiger partial charge in [-0.3, -0.25) is 14.6 Å². The molecule has 2 aromatic rings. The highest BCUT2D eigenvalue weighted by atomic mass is 32.2. The third kappa shape index (κ3) is 4.20. The Morgan fingerprint density at radius 1 is 1.40 bits per heavy atom. The first-order valence-corrected chi connectivity index (χ1v) is 11.8. The first-order chi connectivity index (χ1) is 14.1. The highest BCUT2D eigenvalue weighted by Gasteiger charge is 2.54. The fourth-order valence-electron chi connectivity index (χ4n) is 4.70. The van der Waals surface area contributed by atoms with Gasteiger partial charge in [-0.2, -0.15) is 5.10 Å². The van der Waals surface area contributed by atoms with E-state index in [2.05, 4.69) is 30.8 Å². The quantitative estimate of drug-likeness (QED) is 0.486. The average molecular weight is 437 g/mol. The molecular weight excluding hydrogens is 414 g/mol. The van der Waals surface area contributed by atoms with Crippen LogP contribution >= 0.6 is 0 Å². The van der Waals surface area contributed by atoms with E-state index in [4.69, 9.17) is 0 Å². The van der Waals surface area contributed by atoms with Gasteiger partial charge in [-0.1, -0.05) is 5.21 Å². The molecule has 0 spiro atoms. The van der Waals surface area contributed by atoms with Crippen molar-refractivity contribution in [3.05, 3.63) is 38.4 Å². The SMILES string of the molecule is CS(=O)(=O)Cc1cn(C2CC3CCC2(NC(=O)CCc2n[nH]c(=O)[nH]c2=O)C3)nn1. The Hall–Kier alpha value is -2.83. The number of H-pyrrole nitrogens is 2. The van der Waals surface area contributed by atoms with Gasteiger partial charge in [0, 0.05) is 25.3 Å². The lowest BCUT2D eigenvalue weighted by Gasteiger charge is -2.35. The Morgan fingerprint density at radius 3 is 2.90 bits per heavy atom. The summed E-state index contributed by atoms with van der Waals surface area (Å²) in [5.41, 5.74) is -1.30. The fraction of sp³-hybridized carbons (Fsp3) is 0.647. The minimum Gasteiger partial charge on any atom is -0.348 e. The van der Waals surface area contributed by atoms with Gasteiger partial charge in [0.2, 0.25) is 5.91 Å². The minimum absolute atomic E-state index is 0.0535. The zero-order valence-corrected chi connectivity index (χ0v) is 17.2. The number of aromatic nitrogens is 6. The van der Waals surface area contributed by atoms with Crippen molar-refractivity contribution in [3.63, 3.8) is 0 Å². The summed E-state index contributed by atoms with van der Waals surface area (Å²) in [6.45, 7) is 0. The number of hydrogen-bond donors (Lipinski definition) is 3. The molecule has 3 unspecified atom stereocenters. The van der Waals surface area contributed by atoms with Crippen LogP contribution in [0, 0.1) is 5.92 Å². The monoisotopic (exact) mass is 437 g/mol. The van der Waals surface area contributed by atoms with E-state index in [0.717, 1.165) is 31.9 Å². The second kappa shape index (κ2) is 7.45. The van der Waals surface area contributed by atoms with Crippen molar-refractivity contribution >= 4 is 15.7 Å². The molecule has 1 amide bonds. The number of sulfone groups is 1. The van der Waals surface area contributed by atoms with Crippen molar-refractivity contribution in [3.8, 4) is 0 Å². The molecule has 0 aromatic carbocycles. The molecule has 12 nitrogen and oxygen atoms in total. The summed E-state index contributed by atoms with van der Waals surface area (Å²) in [4.78, 5) is 37.5. The van der Waals surface area contributed by atoms with Crippen molar-refractivity contribution < 1.29 is 13.2 Å². The lowest BCUT2D eigenvalue weighted by atomic mass is 9.88. The van der Waals surface area contributed by atoms with Gasteiger partial charge in [0.25, 0.3) is 5.56 Å². The van der Waals surface area contributed by atoms with Gasteiger partial charge in [0.05, 0.1) is 23.0 Å². The molecular formula is C17H23N7O5S. The molecule has 3 atom stereocenters. The van der Waals surface area contributed by atoms with Crippen LogP contribution in [0.3, 0.4) is 0 Å². The maximum absolute atomic E-state index is 12.7. The number of aromatic amines is 2. The second-order valence-electron chi connectivity index (χ2n) is 8.28. The molecule has 0 saturated heterocycles. The molecule has 2 aromatic heterocycles. The van der Waals surface area contributed by atoms with Crippen molar-refractivity contribution in [2.24, 2.45) is 5.92 Å². The van der Waals surface area contributed by atoms with Crippen LogP contribution in [0.1, 0.15) is 49.5 Å². The third-order valence-electron chi connectivity index (χ3n) is 5.89. The van der Waals surface area contributed by atoms with Crippen molar-refractivity contribution in [2.75, 3.05) is 6.26 Å². The number of fused-ring (bicyclic) bond motifs is 2. The van der Waals surface area contributed by atoms with Gasteiger partial charge < -0.3 is 5.32 Å². The topological polar surface area (TPSA) is 173 Å². The number of carbonyl (C=O) groups is 1. The number of amides is 1. The molecule has 2 bridgehead atoms. The van der Waals surface area contributed by atoms with Crippen LogP contribution in [0.15, 0.2) is 15.8 Å². The van der Waals surface area contributed by atoms with Crippen LogP contribution in [0.4, 0.5) is 0 Å². The Balaban J connectivity index is 1.46. The van der Waals surface area contributed by atoms with E-state index in [1.807, 2.05) is 0 Å². The molecule has 2 aliphatic rings. The summed E-state index contributed by atoms with van der Waals surface area (Å²) in [7, 11) is -3.21. The highest BCUT2D eigenvalue weighted by Crippen LogP contribution is 2.53. The first kappa shape index (κ1) is 20.4. The van der Waals surface area contributed by atoms with E-state index in [1.165, 1.54) is 0 Å². The molecule has 2 saturated carbocycles. The predicted molar refractivity (Wildman–Crippen MR) is 104 cm³/mol. The molecule has 2 fully saturated rings. The smallest absolute Gasteiger partial charge is 0.342 e. The molecule has 0 radical (unpaired) electrons. The lowest BCUT2D eigenvalue weighted by molar-refractivity contribution is -0.123. The normalized spacial score (nSPS) is 25.5. The average Bonchev–Trinajstić information content (AvgIpc) is 3.33. The molecule has 13 heteroatoms. The largest absolute Gasteiger partial charge is 0.348 e. The maximum atomic E-state index is 12.7.